The fourth-order valence-electron chi connectivity index (χ4n) is 1.43. The van der Waals surface area contributed by atoms with Crippen molar-refractivity contribution in [3.63, 3.8) is 0 Å². The molecule has 12 heavy (non-hydrogen) atoms. The van der Waals surface area contributed by atoms with Crippen molar-refractivity contribution in [3.8, 4) is 0 Å². The second-order valence-corrected chi connectivity index (χ2v) is 3.26. The van der Waals surface area contributed by atoms with Gasteiger partial charge in [0.1, 0.15) is 0 Å². The van der Waals surface area contributed by atoms with E-state index in [-0.39, 0.29) is 0 Å². The molecule has 0 spiro atoms. The second kappa shape index (κ2) is 4.42. The van der Waals surface area contributed by atoms with Crippen LogP contribution in [0.15, 0.2) is 0 Å². The van der Waals surface area contributed by atoms with Crippen molar-refractivity contribution in [2.75, 3.05) is 32.7 Å². The van der Waals surface area contributed by atoms with Gasteiger partial charge in [-0.05, 0) is 6.92 Å². The topological polar surface area (TPSA) is 49.6 Å². The Balaban J connectivity index is 2.30. The summed E-state index contributed by atoms with van der Waals surface area (Å²) in [5.74, 6) is 0. The highest BCUT2D eigenvalue weighted by atomic mass is 16.1. The first-order valence-electron chi connectivity index (χ1n) is 4.41. The molecule has 1 amide bonds. The number of carbonyl (C=O) groups is 1. The number of nitrogens with two attached hydrogens (primary N) is 1. The minimum absolute atomic E-state index is 0.443. The molecule has 1 heterocycles. The average molecular weight is 171 g/mol. The van der Waals surface area contributed by atoms with Crippen molar-refractivity contribution in [1.29, 1.82) is 0 Å². The molecule has 0 aliphatic carbocycles. The number of hydrogen-bond acceptors (Lipinski definition) is 3. The van der Waals surface area contributed by atoms with Gasteiger partial charge in [-0.15, -0.1) is 0 Å². The quantitative estimate of drug-likeness (QED) is 0.560. The van der Waals surface area contributed by atoms with Gasteiger partial charge in [0.25, 0.3) is 0 Å². The lowest BCUT2D eigenvalue weighted by Gasteiger charge is -2.35. The lowest BCUT2D eigenvalue weighted by Crippen LogP contribution is -2.50. The molecule has 0 aromatic rings. The van der Waals surface area contributed by atoms with Crippen LogP contribution in [0.1, 0.15) is 6.92 Å². The van der Waals surface area contributed by atoms with E-state index in [2.05, 4.69) is 11.8 Å². The molecule has 1 saturated heterocycles. The van der Waals surface area contributed by atoms with Crippen LogP contribution in [-0.2, 0) is 4.79 Å². The van der Waals surface area contributed by atoms with Crippen molar-refractivity contribution >= 4 is 6.41 Å². The fourth-order valence-corrected chi connectivity index (χ4v) is 1.43. The molecule has 0 aromatic carbocycles. The van der Waals surface area contributed by atoms with Crippen LogP contribution in [0.2, 0.25) is 0 Å². The highest BCUT2D eigenvalue weighted by Crippen LogP contribution is 2.03. The Kier molecular flexibility index (Phi) is 3.49. The Hall–Kier alpha value is -0.610. The normalized spacial score (nSPS) is 22.3. The van der Waals surface area contributed by atoms with Crippen molar-refractivity contribution in [2.45, 2.75) is 13.0 Å². The van der Waals surface area contributed by atoms with Crippen molar-refractivity contribution in [1.82, 2.24) is 9.80 Å². The van der Waals surface area contributed by atoms with Crippen LogP contribution in [0.4, 0.5) is 0 Å². The molecule has 0 radical (unpaired) electrons. The number of carbonyl (C=O) groups excluding carboxylic acids is 1. The van der Waals surface area contributed by atoms with Gasteiger partial charge in [-0.25, -0.2) is 0 Å². The number of nitrogens with zero attached hydrogens (tertiary/aromatic N) is 2. The lowest BCUT2D eigenvalue weighted by molar-refractivity contribution is -0.119. The van der Waals surface area contributed by atoms with Gasteiger partial charge in [0.2, 0.25) is 6.41 Å². The van der Waals surface area contributed by atoms with E-state index in [1.807, 2.05) is 0 Å². The number of amides is 1. The van der Waals surface area contributed by atoms with Gasteiger partial charge in [-0.2, -0.15) is 0 Å². The van der Waals surface area contributed by atoms with Crippen LogP contribution in [0, 0.1) is 0 Å². The third kappa shape index (κ3) is 2.19. The zero-order valence-corrected chi connectivity index (χ0v) is 7.57. The summed E-state index contributed by atoms with van der Waals surface area (Å²) in [7, 11) is 0. The molecule has 0 saturated carbocycles. The second-order valence-electron chi connectivity index (χ2n) is 3.26. The Labute approximate surface area is 73.3 Å². The van der Waals surface area contributed by atoms with Crippen molar-refractivity contribution < 1.29 is 4.79 Å². The summed E-state index contributed by atoms with van der Waals surface area (Å²) in [5.41, 5.74) is 5.55. The van der Waals surface area contributed by atoms with E-state index in [9.17, 15) is 4.79 Å². The highest BCUT2D eigenvalue weighted by Gasteiger charge is 2.18. The number of piperazine rings is 1. The summed E-state index contributed by atoms with van der Waals surface area (Å²) in [5, 5.41) is 0. The molecule has 4 nitrogen and oxygen atoms in total. The first-order valence-corrected chi connectivity index (χ1v) is 4.41. The maximum absolute atomic E-state index is 10.4. The molecule has 0 bridgehead atoms. The Morgan fingerprint density at radius 2 is 2.00 bits per heavy atom. The first kappa shape index (κ1) is 9.48. The molecule has 2 N–H and O–H groups in total. The maximum atomic E-state index is 10.4. The highest BCUT2D eigenvalue weighted by molar-refractivity contribution is 5.47. The average Bonchev–Trinajstić information content (AvgIpc) is 2.17. The largest absolute Gasteiger partial charge is 0.343 e. The van der Waals surface area contributed by atoms with Crippen LogP contribution in [-0.4, -0.2) is 55.0 Å². The summed E-state index contributed by atoms with van der Waals surface area (Å²) in [6.07, 6.45) is 0.921. The van der Waals surface area contributed by atoms with Gasteiger partial charge in [-0.1, -0.05) is 0 Å². The van der Waals surface area contributed by atoms with E-state index in [1.54, 1.807) is 4.90 Å². The smallest absolute Gasteiger partial charge is 0.209 e. The molecule has 1 fully saturated rings. The van der Waals surface area contributed by atoms with Gasteiger partial charge < -0.3 is 10.6 Å². The Morgan fingerprint density at radius 3 is 2.42 bits per heavy atom. The standard InChI is InChI=1S/C8H17N3O/c1-8(6-9)11-4-2-10(7-12)3-5-11/h7-8H,2-6,9H2,1H3. The van der Waals surface area contributed by atoms with E-state index in [0.717, 1.165) is 32.6 Å². The zero-order chi connectivity index (χ0) is 8.97. The van der Waals surface area contributed by atoms with Crippen LogP contribution < -0.4 is 5.73 Å². The first-order chi connectivity index (χ1) is 5.77. The molecular formula is C8H17N3O. The van der Waals surface area contributed by atoms with E-state index < -0.39 is 0 Å². The van der Waals surface area contributed by atoms with E-state index >= 15 is 0 Å². The van der Waals surface area contributed by atoms with Gasteiger partial charge in [0, 0.05) is 38.8 Å². The van der Waals surface area contributed by atoms with E-state index in [1.165, 1.54) is 0 Å². The predicted molar refractivity (Wildman–Crippen MR) is 47.7 cm³/mol. The fraction of sp³-hybridized carbons (Fsp3) is 0.875. The summed E-state index contributed by atoms with van der Waals surface area (Å²) in [4.78, 5) is 14.5. The molecule has 1 aliphatic rings. The number of hydrogen-bond donors (Lipinski definition) is 1. The summed E-state index contributed by atoms with van der Waals surface area (Å²) in [6.45, 7) is 6.41. The molecule has 70 valence electrons. The molecule has 4 heteroatoms. The minimum atomic E-state index is 0.443. The van der Waals surface area contributed by atoms with Gasteiger partial charge >= 0.3 is 0 Å². The van der Waals surface area contributed by atoms with Crippen LogP contribution in [0.25, 0.3) is 0 Å². The maximum Gasteiger partial charge on any atom is 0.209 e. The summed E-state index contributed by atoms with van der Waals surface area (Å²) < 4.78 is 0. The van der Waals surface area contributed by atoms with Crippen LogP contribution in [0.3, 0.4) is 0 Å². The molecule has 0 aromatic heterocycles. The third-order valence-corrected chi connectivity index (χ3v) is 2.46. The lowest BCUT2D eigenvalue weighted by atomic mass is 10.2. The molecular weight excluding hydrogens is 154 g/mol. The molecule has 1 aliphatic heterocycles. The zero-order valence-electron chi connectivity index (χ0n) is 7.57. The molecule has 1 rings (SSSR count). The van der Waals surface area contributed by atoms with Gasteiger partial charge in [0.15, 0.2) is 0 Å². The van der Waals surface area contributed by atoms with E-state index in [0.29, 0.717) is 12.6 Å². The summed E-state index contributed by atoms with van der Waals surface area (Å²) >= 11 is 0. The monoisotopic (exact) mass is 171 g/mol. The molecule has 1 unspecified atom stereocenters. The third-order valence-electron chi connectivity index (χ3n) is 2.46. The van der Waals surface area contributed by atoms with Crippen molar-refractivity contribution in [2.24, 2.45) is 5.73 Å². The van der Waals surface area contributed by atoms with Crippen LogP contribution >= 0.6 is 0 Å². The minimum Gasteiger partial charge on any atom is -0.343 e. The van der Waals surface area contributed by atoms with Gasteiger partial charge in [-0.3, -0.25) is 9.69 Å². The van der Waals surface area contributed by atoms with Crippen molar-refractivity contribution in [3.05, 3.63) is 0 Å². The Bertz CT molecular complexity index is 143. The Morgan fingerprint density at radius 1 is 1.42 bits per heavy atom. The number of rotatable bonds is 3. The SMILES string of the molecule is CC(CN)N1CCN(C=O)CC1. The molecule has 1 atom stereocenters. The van der Waals surface area contributed by atoms with Gasteiger partial charge in [0.05, 0.1) is 0 Å². The summed E-state index contributed by atoms with van der Waals surface area (Å²) in [6, 6.07) is 0.443. The van der Waals surface area contributed by atoms with E-state index in [4.69, 9.17) is 5.73 Å². The predicted octanol–water partition coefficient (Wildman–Crippen LogP) is -0.892. The van der Waals surface area contributed by atoms with Crippen LogP contribution in [0.5, 0.6) is 0 Å².